The molecule has 0 heterocycles. The van der Waals surface area contributed by atoms with Crippen LogP contribution in [0.25, 0.3) is 0 Å². The molecule has 0 amide bonds. The van der Waals surface area contributed by atoms with Crippen LogP contribution >= 0.6 is 27.5 Å². The average Bonchev–Trinajstić information content (AvgIpc) is 2.39. The van der Waals surface area contributed by atoms with Crippen molar-refractivity contribution in [2.45, 2.75) is 0 Å². The van der Waals surface area contributed by atoms with Gasteiger partial charge in [0.15, 0.2) is 5.82 Å². The highest BCUT2D eigenvalue weighted by Crippen LogP contribution is 2.38. The molecule has 0 aromatic heterocycles. The maximum Gasteiger partial charge on any atom is 0.314 e. The molecule has 0 saturated heterocycles. The third kappa shape index (κ3) is 2.88. The first-order valence-corrected chi connectivity index (χ1v) is 6.32. The van der Waals surface area contributed by atoms with E-state index in [4.69, 9.17) is 16.3 Å². The third-order valence-electron chi connectivity index (χ3n) is 2.33. The molecule has 4 nitrogen and oxygen atoms in total. The summed E-state index contributed by atoms with van der Waals surface area (Å²) in [5.74, 6) is -3.56. The number of nitro benzene ring substituents is 1. The molecule has 0 radical (unpaired) electrons. The summed E-state index contributed by atoms with van der Waals surface area (Å²) in [4.78, 5) is 9.95. The Bertz CT molecular complexity index is 697. The van der Waals surface area contributed by atoms with E-state index in [0.29, 0.717) is 10.5 Å². The molecule has 0 fully saturated rings. The van der Waals surface area contributed by atoms with E-state index in [2.05, 4.69) is 15.9 Å². The fourth-order valence-corrected chi connectivity index (χ4v) is 1.92. The molecule has 2 rings (SSSR count). The minimum absolute atomic E-state index is 0.0337. The maximum absolute atomic E-state index is 13.7. The fraction of sp³-hybridized carbons (Fsp3) is 0. The molecule has 2 aromatic carbocycles. The molecule has 0 aliphatic heterocycles. The van der Waals surface area contributed by atoms with E-state index in [-0.39, 0.29) is 10.8 Å². The van der Waals surface area contributed by atoms with Crippen LogP contribution in [0.3, 0.4) is 0 Å². The van der Waals surface area contributed by atoms with Crippen LogP contribution in [0.2, 0.25) is 5.02 Å². The standard InChI is InChI=1S/C12H5BrClF2NO3/c13-6-1-2-7(14)10(5-6)20-12-9(17(18)19)4-3-8(15)11(12)16/h1-5H. The van der Waals surface area contributed by atoms with Gasteiger partial charge < -0.3 is 4.74 Å². The molecule has 0 saturated carbocycles. The van der Waals surface area contributed by atoms with Gasteiger partial charge in [0.1, 0.15) is 5.75 Å². The number of hydrogen-bond donors (Lipinski definition) is 0. The van der Waals surface area contributed by atoms with Gasteiger partial charge in [-0.15, -0.1) is 0 Å². The van der Waals surface area contributed by atoms with Crippen molar-refractivity contribution in [3.8, 4) is 11.5 Å². The zero-order valence-electron chi connectivity index (χ0n) is 9.57. The minimum Gasteiger partial charge on any atom is -0.445 e. The smallest absolute Gasteiger partial charge is 0.314 e. The van der Waals surface area contributed by atoms with Crippen LogP contribution in [-0.2, 0) is 0 Å². The van der Waals surface area contributed by atoms with Crippen molar-refractivity contribution in [2.75, 3.05) is 0 Å². The van der Waals surface area contributed by atoms with Crippen molar-refractivity contribution in [1.29, 1.82) is 0 Å². The molecular weight excluding hydrogens is 359 g/mol. The van der Waals surface area contributed by atoms with Crippen LogP contribution in [-0.4, -0.2) is 4.92 Å². The lowest BCUT2D eigenvalue weighted by Crippen LogP contribution is -1.99. The van der Waals surface area contributed by atoms with Gasteiger partial charge in [-0.3, -0.25) is 10.1 Å². The highest BCUT2D eigenvalue weighted by molar-refractivity contribution is 9.10. The number of ether oxygens (including phenoxy) is 1. The van der Waals surface area contributed by atoms with E-state index in [1.807, 2.05) is 0 Å². The SMILES string of the molecule is O=[N+]([O-])c1ccc(F)c(F)c1Oc1cc(Br)ccc1Cl. The number of hydrogen-bond acceptors (Lipinski definition) is 3. The molecule has 20 heavy (non-hydrogen) atoms. The Hall–Kier alpha value is -1.73. The van der Waals surface area contributed by atoms with Crippen molar-refractivity contribution >= 4 is 33.2 Å². The van der Waals surface area contributed by atoms with Gasteiger partial charge in [-0.1, -0.05) is 27.5 Å². The zero-order valence-corrected chi connectivity index (χ0v) is 11.9. The van der Waals surface area contributed by atoms with E-state index < -0.39 is 28.0 Å². The minimum atomic E-state index is -1.45. The van der Waals surface area contributed by atoms with Gasteiger partial charge in [0.2, 0.25) is 11.6 Å². The first-order valence-electron chi connectivity index (χ1n) is 5.15. The predicted octanol–water partition coefficient (Wildman–Crippen LogP) is 5.08. The van der Waals surface area contributed by atoms with Crippen molar-refractivity contribution in [3.05, 3.63) is 61.6 Å². The summed E-state index contributed by atoms with van der Waals surface area (Å²) in [5.41, 5.74) is -0.694. The molecule has 0 atom stereocenters. The van der Waals surface area contributed by atoms with E-state index in [9.17, 15) is 18.9 Å². The van der Waals surface area contributed by atoms with Crippen LogP contribution in [0.1, 0.15) is 0 Å². The Labute approximate surface area is 125 Å². The highest BCUT2D eigenvalue weighted by atomic mass is 79.9. The van der Waals surface area contributed by atoms with Gasteiger partial charge in [-0.2, -0.15) is 4.39 Å². The summed E-state index contributed by atoms with van der Waals surface area (Å²) in [6, 6.07) is 5.91. The summed E-state index contributed by atoms with van der Waals surface area (Å²) < 4.78 is 32.5. The topological polar surface area (TPSA) is 52.4 Å². The second kappa shape index (κ2) is 5.72. The molecule has 8 heteroatoms. The summed E-state index contributed by atoms with van der Waals surface area (Å²) in [6.45, 7) is 0. The van der Waals surface area contributed by atoms with Crippen LogP contribution in [0, 0.1) is 21.7 Å². The lowest BCUT2D eigenvalue weighted by atomic mass is 10.2. The molecule has 2 aromatic rings. The van der Waals surface area contributed by atoms with E-state index in [0.717, 1.165) is 6.07 Å². The molecule has 0 spiro atoms. The number of halogens is 4. The van der Waals surface area contributed by atoms with Gasteiger partial charge in [0.05, 0.1) is 9.95 Å². The van der Waals surface area contributed by atoms with E-state index in [1.165, 1.54) is 12.1 Å². The van der Waals surface area contributed by atoms with E-state index in [1.54, 1.807) is 6.07 Å². The Kier molecular flexibility index (Phi) is 4.20. The molecule has 0 aliphatic carbocycles. The Morgan fingerprint density at radius 3 is 2.60 bits per heavy atom. The normalized spacial score (nSPS) is 10.4. The molecule has 0 N–H and O–H groups in total. The number of rotatable bonds is 3. The summed E-state index contributed by atoms with van der Waals surface area (Å²) >= 11 is 8.99. The predicted molar refractivity (Wildman–Crippen MR) is 72.2 cm³/mol. The molecular formula is C12H5BrClF2NO3. The van der Waals surface area contributed by atoms with Gasteiger partial charge in [-0.25, -0.2) is 4.39 Å². The van der Waals surface area contributed by atoms with Crippen LogP contribution in [0.5, 0.6) is 11.5 Å². The molecule has 0 aliphatic rings. The first-order chi connectivity index (χ1) is 9.40. The third-order valence-corrected chi connectivity index (χ3v) is 3.14. The van der Waals surface area contributed by atoms with Gasteiger partial charge in [0, 0.05) is 10.5 Å². The van der Waals surface area contributed by atoms with Gasteiger partial charge in [0.25, 0.3) is 0 Å². The Morgan fingerprint density at radius 2 is 1.95 bits per heavy atom. The van der Waals surface area contributed by atoms with Gasteiger partial charge >= 0.3 is 5.69 Å². The van der Waals surface area contributed by atoms with Crippen molar-refractivity contribution in [1.82, 2.24) is 0 Å². The number of nitrogens with zero attached hydrogens (tertiary/aromatic N) is 1. The number of nitro groups is 1. The monoisotopic (exact) mass is 363 g/mol. The van der Waals surface area contributed by atoms with Crippen LogP contribution in [0.15, 0.2) is 34.8 Å². The lowest BCUT2D eigenvalue weighted by Gasteiger charge is -2.09. The van der Waals surface area contributed by atoms with Crippen molar-refractivity contribution < 1.29 is 18.4 Å². The summed E-state index contributed by atoms with van der Waals surface area (Å²) in [6.07, 6.45) is 0. The molecule has 104 valence electrons. The van der Waals surface area contributed by atoms with Gasteiger partial charge in [-0.05, 0) is 24.3 Å². The van der Waals surface area contributed by atoms with E-state index >= 15 is 0 Å². The maximum atomic E-state index is 13.7. The zero-order chi connectivity index (χ0) is 14.9. The second-order valence-corrected chi connectivity index (χ2v) is 4.97. The lowest BCUT2D eigenvalue weighted by molar-refractivity contribution is -0.385. The molecule has 0 bridgehead atoms. The summed E-state index contributed by atoms with van der Waals surface area (Å²) in [7, 11) is 0. The van der Waals surface area contributed by atoms with Crippen LogP contribution < -0.4 is 4.74 Å². The highest BCUT2D eigenvalue weighted by Gasteiger charge is 2.24. The Balaban J connectivity index is 2.55. The Morgan fingerprint density at radius 1 is 1.25 bits per heavy atom. The van der Waals surface area contributed by atoms with Crippen molar-refractivity contribution in [2.24, 2.45) is 0 Å². The first kappa shape index (κ1) is 14.7. The van der Waals surface area contributed by atoms with Crippen LogP contribution in [0.4, 0.5) is 14.5 Å². The average molecular weight is 365 g/mol. The van der Waals surface area contributed by atoms with Crippen molar-refractivity contribution in [3.63, 3.8) is 0 Å². The fourth-order valence-electron chi connectivity index (χ4n) is 1.43. The summed E-state index contributed by atoms with van der Waals surface area (Å²) in [5, 5.41) is 10.9. The second-order valence-electron chi connectivity index (χ2n) is 3.64. The molecule has 0 unspecified atom stereocenters. The largest absolute Gasteiger partial charge is 0.445 e. The quantitative estimate of drug-likeness (QED) is 0.563. The number of benzene rings is 2.